The maximum absolute atomic E-state index is 10.9. The third-order valence-electron chi connectivity index (χ3n) is 3.43. The lowest BCUT2D eigenvalue weighted by Gasteiger charge is -2.40. The fourth-order valence-corrected chi connectivity index (χ4v) is 2.44. The van der Waals surface area contributed by atoms with Crippen molar-refractivity contribution in [1.82, 2.24) is 4.98 Å². The van der Waals surface area contributed by atoms with Crippen LogP contribution in [0.25, 0.3) is 0 Å². The van der Waals surface area contributed by atoms with E-state index in [1.165, 1.54) is 6.42 Å². The van der Waals surface area contributed by atoms with Crippen molar-refractivity contribution in [2.24, 2.45) is 5.41 Å². The summed E-state index contributed by atoms with van der Waals surface area (Å²) in [5.74, 6) is 0.794. The minimum absolute atomic E-state index is 0.0852. The summed E-state index contributed by atoms with van der Waals surface area (Å²) in [4.78, 5) is 14.3. The average molecular weight is 268 g/mol. The smallest absolute Gasteiger partial charge is 0.406 e. The Kier molecular flexibility index (Phi) is 3.75. The van der Waals surface area contributed by atoms with E-state index in [9.17, 15) is 10.1 Å². The van der Waals surface area contributed by atoms with Crippen molar-refractivity contribution < 1.29 is 9.66 Å². The molecular weight excluding hydrogens is 252 g/mol. The fourth-order valence-electron chi connectivity index (χ4n) is 2.03. The number of hydrogen-bond acceptors (Lipinski definition) is 5. The molecule has 0 amide bonds. The van der Waals surface area contributed by atoms with Crippen molar-refractivity contribution in [1.29, 1.82) is 0 Å². The highest BCUT2D eigenvalue weighted by molar-refractivity contribution is 7.80. The third-order valence-corrected chi connectivity index (χ3v) is 4.11. The molecule has 1 aromatic heterocycles. The van der Waals surface area contributed by atoms with Gasteiger partial charge in [0.25, 0.3) is 0 Å². The van der Waals surface area contributed by atoms with Crippen LogP contribution in [0, 0.1) is 22.5 Å². The first-order valence-corrected chi connectivity index (χ1v) is 6.55. The summed E-state index contributed by atoms with van der Waals surface area (Å²) in [6, 6.07) is 3.34. The summed E-state index contributed by atoms with van der Waals surface area (Å²) in [7, 11) is 0. The van der Waals surface area contributed by atoms with Gasteiger partial charge in [0.1, 0.15) is 5.69 Å². The van der Waals surface area contributed by atoms with Gasteiger partial charge in [-0.15, -0.1) is 0 Å². The molecule has 0 unspecified atom stereocenters. The van der Waals surface area contributed by atoms with Crippen LogP contribution in [-0.2, 0) is 0 Å². The van der Waals surface area contributed by atoms with Gasteiger partial charge < -0.3 is 14.9 Å². The standard InChI is InChI=1S/C12H16N2O3S/c1-9-3-4-10(11(13-9)14(15)16)17-7-12(8-18)5-2-6-12/h3-4,18H,2,5-8H2,1H3. The van der Waals surface area contributed by atoms with Gasteiger partial charge in [0.2, 0.25) is 5.75 Å². The van der Waals surface area contributed by atoms with E-state index in [-0.39, 0.29) is 17.0 Å². The molecule has 18 heavy (non-hydrogen) atoms. The molecular formula is C12H16N2O3S. The monoisotopic (exact) mass is 268 g/mol. The van der Waals surface area contributed by atoms with Crippen LogP contribution >= 0.6 is 12.6 Å². The molecule has 0 N–H and O–H groups in total. The van der Waals surface area contributed by atoms with Crippen LogP contribution in [0.5, 0.6) is 5.75 Å². The summed E-state index contributed by atoms with van der Waals surface area (Å²) in [5.41, 5.74) is 0.698. The first-order valence-electron chi connectivity index (χ1n) is 5.92. The molecule has 1 saturated carbocycles. The van der Waals surface area contributed by atoms with Crippen molar-refractivity contribution in [2.45, 2.75) is 26.2 Å². The van der Waals surface area contributed by atoms with Crippen LogP contribution in [0.4, 0.5) is 5.82 Å². The maximum Gasteiger partial charge on any atom is 0.406 e. The van der Waals surface area contributed by atoms with E-state index in [1.807, 2.05) is 0 Å². The van der Waals surface area contributed by atoms with E-state index in [1.54, 1.807) is 19.1 Å². The molecule has 1 aromatic rings. The van der Waals surface area contributed by atoms with Gasteiger partial charge in [-0.2, -0.15) is 12.6 Å². The topological polar surface area (TPSA) is 65.3 Å². The van der Waals surface area contributed by atoms with Crippen molar-refractivity contribution in [3.05, 3.63) is 27.9 Å². The quantitative estimate of drug-likeness (QED) is 0.506. The van der Waals surface area contributed by atoms with E-state index in [4.69, 9.17) is 4.74 Å². The van der Waals surface area contributed by atoms with Crippen LogP contribution < -0.4 is 4.74 Å². The first-order chi connectivity index (χ1) is 8.56. The molecule has 0 radical (unpaired) electrons. The second kappa shape index (κ2) is 5.14. The summed E-state index contributed by atoms with van der Waals surface area (Å²) in [5, 5.41) is 10.9. The summed E-state index contributed by atoms with van der Waals surface area (Å²) >= 11 is 4.33. The van der Waals surface area contributed by atoms with Crippen molar-refractivity contribution in [3.8, 4) is 5.75 Å². The lowest BCUT2D eigenvalue weighted by molar-refractivity contribution is -0.390. The molecule has 0 aromatic carbocycles. The molecule has 1 aliphatic carbocycles. The molecule has 1 aliphatic rings. The molecule has 2 rings (SSSR count). The van der Waals surface area contributed by atoms with Gasteiger partial charge in [0, 0.05) is 12.3 Å². The normalized spacial score (nSPS) is 17.0. The van der Waals surface area contributed by atoms with Crippen LogP contribution in [0.15, 0.2) is 12.1 Å². The Morgan fingerprint density at radius 2 is 2.28 bits per heavy atom. The Morgan fingerprint density at radius 3 is 2.78 bits per heavy atom. The van der Waals surface area contributed by atoms with Gasteiger partial charge >= 0.3 is 5.82 Å². The average Bonchev–Trinajstić information content (AvgIpc) is 2.29. The highest BCUT2D eigenvalue weighted by atomic mass is 32.1. The molecule has 0 bridgehead atoms. The Bertz CT molecular complexity index is 455. The summed E-state index contributed by atoms with van der Waals surface area (Å²) in [6.07, 6.45) is 3.32. The molecule has 1 heterocycles. The molecule has 0 atom stereocenters. The minimum atomic E-state index is -0.503. The number of thiol groups is 1. The molecule has 0 saturated heterocycles. The van der Waals surface area contributed by atoms with E-state index in [0.717, 1.165) is 18.6 Å². The number of hydrogen-bond donors (Lipinski definition) is 1. The Balaban J connectivity index is 2.11. The summed E-state index contributed by atoms with van der Waals surface area (Å²) in [6.45, 7) is 2.19. The third kappa shape index (κ3) is 2.58. The zero-order valence-electron chi connectivity index (χ0n) is 10.3. The molecule has 0 aliphatic heterocycles. The predicted molar refractivity (Wildman–Crippen MR) is 71.3 cm³/mol. The summed E-state index contributed by atoms with van der Waals surface area (Å²) < 4.78 is 5.60. The second-order valence-corrected chi connectivity index (χ2v) is 5.15. The number of nitro groups is 1. The fraction of sp³-hybridized carbons (Fsp3) is 0.583. The highest BCUT2D eigenvalue weighted by Gasteiger charge is 2.37. The number of aromatic nitrogens is 1. The first kappa shape index (κ1) is 13.1. The zero-order valence-corrected chi connectivity index (χ0v) is 11.2. The van der Waals surface area contributed by atoms with E-state index in [0.29, 0.717) is 12.3 Å². The van der Waals surface area contributed by atoms with Crippen molar-refractivity contribution in [2.75, 3.05) is 12.4 Å². The van der Waals surface area contributed by atoms with Crippen LogP contribution in [0.1, 0.15) is 25.0 Å². The van der Waals surface area contributed by atoms with Gasteiger partial charge in [-0.1, -0.05) is 6.42 Å². The number of rotatable bonds is 5. The molecule has 6 heteroatoms. The number of pyridine rings is 1. The maximum atomic E-state index is 10.9. The SMILES string of the molecule is Cc1ccc(OCC2(CS)CCC2)c([N+](=O)[O-])n1. The number of ether oxygens (including phenoxy) is 1. The van der Waals surface area contributed by atoms with E-state index >= 15 is 0 Å². The van der Waals surface area contributed by atoms with Gasteiger partial charge in [0.05, 0.1) is 6.61 Å². The molecule has 0 spiro atoms. The number of aryl methyl sites for hydroxylation is 1. The van der Waals surface area contributed by atoms with Crippen LogP contribution in [-0.4, -0.2) is 22.3 Å². The molecule has 1 fully saturated rings. The Morgan fingerprint density at radius 1 is 1.56 bits per heavy atom. The molecule has 98 valence electrons. The largest absolute Gasteiger partial charge is 0.485 e. The van der Waals surface area contributed by atoms with Crippen molar-refractivity contribution in [3.63, 3.8) is 0 Å². The lowest BCUT2D eigenvalue weighted by Crippen LogP contribution is -2.37. The van der Waals surface area contributed by atoms with Gasteiger partial charge in [0.15, 0.2) is 0 Å². The highest BCUT2D eigenvalue weighted by Crippen LogP contribution is 2.42. The second-order valence-electron chi connectivity index (χ2n) is 4.83. The zero-order chi connectivity index (χ0) is 13.2. The van der Waals surface area contributed by atoms with Gasteiger partial charge in [-0.05, 0) is 40.6 Å². The lowest BCUT2D eigenvalue weighted by atomic mass is 9.71. The van der Waals surface area contributed by atoms with E-state index < -0.39 is 4.92 Å². The Labute approximate surface area is 111 Å². The van der Waals surface area contributed by atoms with Crippen LogP contribution in [0.2, 0.25) is 0 Å². The number of nitrogens with zero attached hydrogens (tertiary/aromatic N) is 2. The molecule has 5 nitrogen and oxygen atoms in total. The predicted octanol–water partition coefficient (Wildman–Crippen LogP) is 2.78. The van der Waals surface area contributed by atoms with E-state index in [2.05, 4.69) is 17.6 Å². The van der Waals surface area contributed by atoms with Crippen LogP contribution in [0.3, 0.4) is 0 Å². The van der Waals surface area contributed by atoms with Crippen molar-refractivity contribution >= 4 is 18.4 Å². The minimum Gasteiger partial charge on any atom is -0.485 e. The van der Waals surface area contributed by atoms with Gasteiger partial charge in [-0.25, -0.2) is 0 Å². The Hall–Kier alpha value is -1.30. The van der Waals surface area contributed by atoms with Gasteiger partial charge in [-0.3, -0.25) is 0 Å².